The van der Waals surface area contributed by atoms with Gasteiger partial charge in [0, 0.05) is 19.0 Å². The molecule has 1 atom stereocenters. The van der Waals surface area contributed by atoms with Gasteiger partial charge in [-0.15, -0.1) is 0 Å². The molecule has 2 aromatic rings. The highest BCUT2D eigenvalue weighted by Crippen LogP contribution is 2.25. The van der Waals surface area contributed by atoms with E-state index in [0.29, 0.717) is 31.2 Å². The molecule has 0 aliphatic carbocycles. The highest BCUT2D eigenvalue weighted by atomic mass is 16.5. The molecule has 0 bridgehead atoms. The first-order valence-electron chi connectivity index (χ1n) is 7.43. The van der Waals surface area contributed by atoms with Gasteiger partial charge in [0.2, 0.25) is 0 Å². The van der Waals surface area contributed by atoms with E-state index in [1.54, 1.807) is 12.5 Å². The molecule has 1 saturated heterocycles. The first kappa shape index (κ1) is 14.6. The molecule has 1 aliphatic rings. The second-order valence-corrected chi connectivity index (χ2v) is 5.14. The molecule has 1 aromatic carbocycles. The van der Waals surface area contributed by atoms with Crippen LogP contribution in [0, 0.1) is 0 Å². The van der Waals surface area contributed by atoms with Crippen molar-refractivity contribution >= 4 is 11.6 Å². The van der Waals surface area contributed by atoms with Gasteiger partial charge in [0.15, 0.2) is 0 Å². The number of imidazole rings is 1. The lowest BCUT2D eigenvalue weighted by atomic mass is 10.2. The zero-order valence-electron chi connectivity index (χ0n) is 12.3. The Kier molecular flexibility index (Phi) is 4.70. The van der Waals surface area contributed by atoms with Crippen molar-refractivity contribution in [3.05, 3.63) is 43.0 Å². The van der Waals surface area contributed by atoms with Crippen LogP contribution in [0.15, 0.2) is 43.0 Å². The molecule has 1 aromatic heterocycles. The van der Waals surface area contributed by atoms with Gasteiger partial charge < -0.3 is 19.4 Å². The lowest BCUT2D eigenvalue weighted by Gasteiger charge is -2.14. The van der Waals surface area contributed by atoms with E-state index in [0.717, 1.165) is 12.8 Å². The average molecular weight is 301 g/mol. The van der Waals surface area contributed by atoms with Crippen LogP contribution in [0.4, 0.5) is 5.69 Å². The molecule has 6 nitrogen and oxygen atoms in total. The quantitative estimate of drug-likeness (QED) is 0.887. The maximum absolute atomic E-state index is 12.1. The lowest BCUT2D eigenvalue weighted by Crippen LogP contribution is -2.27. The van der Waals surface area contributed by atoms with Gasteiger partial charge in [-0.2, -0.15) is 0 Å². The number of ether oxygens (including phenoxy) is 2. The molecule has 1 amide bonds. The van der Waals surface area contributed by atoms with Gasteiger partial charge in [-0.3, -0.25) is 4.79 Å². The van der Waals surface area contributed by atoms with Gasteiger partial charge in [0.25, 0.3) is 5.91 Å². The predicted octanol–water partition coefficient (Wildman–Crippen LogP) is 2.08. The van der Waals surface area contributed by atoms with Crippen molar-refractivity contribution in [1.29, 1.82) is 0 Å². The molecule has 22 heavy (non-hydrogen) atoms. The summed E-state index contributed by atoms with van der Waals surface area (Å²) in [5.74, 6) is 0.553. The first-order chi connectivity index (χ1) is 10.8. The molecule has 3 rings (SSSR count). The van der Waals surface area contributed by atoms with Gasteiger partial charge in [-0.05, 0) is 25.0 Å². The van der Waals surface area contributed by atoms with Gasteiger partial charge in [0.05, 0.1) is 18.6 Å². The zero-order valence-corrected chi connectivity index (χ0v) is 12.3. The molecule has 1 fully saturated rings. The molecule has 0 spiro atoms. The van der Waals surface area contributed by atoms with E-state index in [1.165, 1.54) is 0 Å². The summed E-state index contributed by atoms with van der Waals surface area (Å²) >= 11 is 0. The van der Waals surface area contributed by atoms with E-state index in [4.69, 9.17) is 9.47 Å². The van der Waals surface area contributed by atoms with E-state index in [2.05, 4.69) is 10.3 Å². The number of nitrogens with zero attached hydrogens (tertiary/aromatic N) is 2. The maximum atomic E-state index is 12.1. The molecular weight excluding hydrogens is 282 g/mol. The lowest BCUT2D eigenvalue weighted by molar-refractivity contribution is -0.124. The summed E-state index contributed by atoms with van der Waals surface area (Å²) < 4.78 is 13.1. The Morgan fingerprint density at radius 2 is 2.36 bits per heavy atom. The van der Waals surface area contributed by atoms with Crippen LogP contribution in [-0.4, -0.2) is 34.8 Å². The van der Waals surface area contributed by atoms with Crippen molar-refractivity contribution in [2.75, 3.05) is 18.5 Å². The van der Waals surface area contributed by atoms with E-state index >= 15 is 0 Å². The van der Waals surface area contributed by atoms with Crippen molar-refractivity contribution in [1.82, 2.24) is 9.55 Å². The van der Waals surface area contributed by atoms with Crippen molar-refractivity contribution < 1.29 is 14.3 Å². The highest BCUT2D eigenvalue weighted by Gasteiger charge is 2.24. The Labute approximate surface area is 129 Å². The fourth-order valence-corrected chi connectivity index (χ4v) is 2.37. The number of aromatic nitrogens is 2. The Balaban J connectivity index is 1.58. The summed E-state index contributed by atoms with van der Waals surface area (Å²) in [5, 5.41) is 2.89. The van der Waals surface area contributed by atoms with E-state index in [1.807, 2.05) is 35.0 Å². The highest BCUT2D eigenvalue weighted by molar-refractivity contribution is 5.95. The standard InChI is InChI=1S/C16H19N3O3/c20-16(15-6-3-10-21-15)18-13-4-1-2-5-14(13)22-11-9-19-8-7-17-12-19/h1-2,4-5,7-8,12,15H,3,6,9-11H2,(H,18,20)/t15-/m1/s1. The Morgan fingerprint density at radius 3 is 3.14 bits per heavy atom. The molecular formula is C16H19N3O3. The van der Waals surface area contributed by atoms with Crippen LogP contribution in [0.1, 0.15) is 12.8 Å². The predicted molar refractivity (Wildman–Crippen MR) is 81.8 cm³/mol. The summed E-state index contributed by atoms with van der Waals surface area (Å²) in [6.07, 6.45) is 6.72. The van der Waals surface area contributed by atoms with Crippen LogP contribution in [-0.2, 0) is 16.1 Å². The Morgan fingerprint density at radius 1 is 1.45 bits per heavy atom. The third-order valence-electron chi connectivity index (χ3n) is 3.53. The average Bonchev–Trinajstić information content (AvgIpc) is 3.22. The SMILES string of the molecule is O=C(Nc1ccccc1OCCn1ccnc1)[C@H]1CCCO1. The van der Waals surface area contributed by atoms with Crippen molar-refractivity contribution in [2.24, 2.45) is 0 Å². The van der Waals surface area contributed by atoms with Crippen molar-refractivity contribution in [2.45, 2.75) is 25.5 Å². The zero-order chi connectivity index (χ0) is 15.2. The van der Waals surface area contributed by atoms with Crippen LogP contribution in [0.2, 0.25) is 0 Å². The number of hydrogen-bond acceptors (Lipinski definition) is 4. The van der Waals surface area contributed by atoms with E-state index < -0.39 is 0 Å². The second kappa shape index (κ2) is 7.09. The summed E-state index contributed by atoms with van der Waals surface area (Å²) in [6.45, 7) is 1.86. The molecule has 116 valence electrons. The van der Waals surface area contributed by atoms with Gasteiger partial charge in [-0.25, -0.2) is 4.98 Å². The number of benzene rings is 1. The van der Waals surface area contributed by atoms with Gasteiger partial charge >= 0.3 is 0 Å². The Bertz CT molecular complexity index is 607. The van der Waals surface area contributed by atoms with Gasteiger partial charge in [-0.1, -0.05) is 12.1 Å². The minimum Gasteiger partial charge on any atom is -0.490 e. The minimum absolute atomic E-state index is 0.108. The molecule has 6 heteroatoms. The van der Waals surface area contributed by atoms with Crippen LogP contribution in [0.3, 0.4) is 0 Å². The summed E-state index contributed by atoms with van der Waals surface area (Å²) in [4.78, 5) is 16.1. The number of carbonyl (C=O) groups excluding carboxylic acids is 1. The largest absolute Gasteiger partial charge is 0.490 e. The number of anilines is 1. The van der Waals surface area contributed by atoms with E-state index in [-0.39, 0.29) is 12.0 Å². The monoisotopic (exact) mass is 301 g/mol. The molecule has 1 N–H and O–H groups in total. The fraction of sp³-hybridized carbons (Fsp3) is 0.375. The molecule has 0 unspecified atom stereocenters. The van der Waals surface area contributed by atoms with E-state index in [9.17, 15) is 4.79 Å². The van der Waals surface area contributed by atoms with Crippen LogP contribution in [0.5, 0.6) is 5.75 Å². The topological polar surface area (TPSA) is 65.4 Å². The Hall–Kier alpha value is -2.34. The maximum Gasteiger partial charge on any atom is 0.253 e. The summed E-state index contributed by atoms with van der Waals surface area (Å²) in [5.41, 5.74) is 0.675. The third kappa shape index (κ3) is 3.65. The smallest absolute Gasteiger partial charge is 0.253 e. The van der Waals surface area contributed by atoms with Crippen LogP contribution in [0.25, 0.3) is 0 Å². The minimum atomic E-state index is -0.348. The van der Waals surface area contributed by atoms with Crippen LogP contribution >= 0.6 is 0 Å². The van der Waals surface area contributed by atoms with Crippen molar-refractivity contribution in [3.63, 3.8) is 0 Å². The fourth-order valence-electron chi connectivity index (χ4n) is 2.37. The molecule has 2 heterocycles. The summed E-state index contributed by atoms with van der Waals surface area (Å²) in [7, 11) is 0. The number of nitrogens with one attached hydrogen (secondary N) is 1. The second-order valence-electron chi connectivity index (χ2n) is 5.14. The number of para-hydroxylation sites is 2. The number of amides is 1. The normalized spacial score (nSPS) is 17.4. The number of rotatable bonds is 6. The van der Waals surface area contributed by atoms with Gasteiger partial charge in [0.1, 0.15) is 18.5 Å². The van der Waals surface area contributed by atoms with Crippen LogP contribution < -0.4 is 10.1 Å². The first-order valence-corrected chi connectivity index (χ1v) is 7.43. The third-order valence-corrected chi connectivity index (χ3v) is 3.53. The number of hydrogen-bond donors (Lipinski definition) is 1. The molecule has 1 aliphatic heterocycles. The summed E-state index contributed by atoms with van der Waals surface area (Å²) in [6, 6.07) is 7.43. The molecule has 0 radical (unpaired) electrons. The van der Waals surface area contributed by atoms with Crippen molar-refractivity contribution in [3.8, 4) is 5.75 Å². The number of carbonyl (C=O) groups is 1. The molecule has 0 saturated carbocycles.